The first-order valence-electron chi connectivity index (χ1n) is 4.43. The lowest BCUT2D eigenvalue weighted by Gasteiger charge is -2.08. The molecule has 80 valence electrons. The number of carbonyl (C=O) groups excluding carboxylic acids is 1. The van der Waals surface area contributed by atoms with E-state index in [0.29, 0.717) is 5.56 Å². The molecule has 0 amide bonds. The molecule has 0 N–H and O–H groups in total. The second-order valence-electron chi connectivity index (χ2n) is 2.81. The summed E-state index contributed by atoms with van der Waals surface area (Å²) in [6.45, 7) is 1.92. The van der Waals surface area contributed by atoms with Gasteiger partial charge < -0.3 is 4.74 Å². The third kappa shape index (κ3) is 3.13. The van der Waals surface area contributed by atoms with Crippen molar-refractivity contribution in [1.29, 1.82) is 0 Å². The standard InChI is InChI=1S/C10H10BrNO3/c1-2-15-10(13)9(12-14)7-3-5-8(11)6-4-7/h3-6,9H,2H2,1H3. The summed E-state index contributed by atoms with van der Waals surface area (Å²) in [6.07, 6.45) is 0. The Morgan fingerprint density at radius 1 is 1.47 bits per heavy atom. The third-order valence-corrected chi connectivity index (χ3v) is 2.33. The smallest absolute Gasteiger partial charge is 0.339 e. The molecular weight excluding hydrogens is 262 g/mol. The van der Waals surface area contributed by atoms with Gasteiger partial charge in [0.2, 0.25) is 6.04 Å². The van der Waals surface area contributed by atoms with E-state index in [0.717, 1.165) is 4.47 Å². The van der Waals surface area contributed by atoms with Gasteiger partial charge in [0.1, 0.15) is 0 Å². The first-order valence-corrected chi connectivity index (χ1v) is 5.23. The molecule has 0 fully saturated rings. The molecule has 1 atom stereocenters. The molecule has 0 saturated heterocycles. The van der Waals surface area contributed by atoms with Crippen molar-refractivity contribution in [3.05, 3.63) is 39.2 Å². The van der Waals surface area contributed by atoms with Crippen LogP contribution in [0, 0.1) is 4.91 Å². The molecule has 0 aliphatic heterocycles. The van der Waals surface area contributed by atoms with Gasteiger partial charge in [-0.1, -0.05) is 28.1 Å². The van der Waals surface area contributed by atoms with Crippen molar-refractivity contribution in [2.45, 2.75) is 13.0 Å². The van der Waals surface area contributed by atoms with Gasteiger partial charge in [-0.2, -0.15) is 0 Å². The van der Waals surface area contributed by atoms with Crippen LogP contribution in [0.1, 0.15) is 18.5 Å². The Hall–Kier alpha value is -1.23. The van der Waals surface area contributed by atoms with Crippen molar-refractivity contribution < 1.29 is 9.53 Å². The highest BCUT2D eigenvalue weighted by atomic mass is 79.9. The molecule has 0 heterocycles. The summed E-state index contributed by atoms with van der Waals surface area (Å²) in [5.74, 6) is -0.616. The molecule has 1 unspecified atom stereocenters. The number of ether oxygens (including phenoxy) is 1. The van der Waals surface area contributed by atoms with Gasteiger partial charge in [0.05, 0.1) is 6.61 Å². The third-order valence-electron chi connectivity index (χ3n) is 1.80. The fourth-order valence-electron chi connectivity index (χ4n) is 1.11. The quantitative estimate of drug-likeness (QED) is 0.625. The number of halogens is 1. The summed E-state index contributed by atoms with van der Waals surface area (Å²) < 4.78 is 5.61. The summed E-state index contributed by atoms with van der Waals surface area (Å²) in [5.41, 5.74) is 0.534. The van der Waals surface area contributed by atoms with E-state index in [2.05, 4.69) is 21.1 Å². The number of esters is 1. The van der Waals surface area contributed by atoms with Crippen LogP contribution in [0.3, 0.4) is 0 Å². The van der Waals surface area contributed by atoms with Crippen molar-refractivity contribution in [1.82, 2.24) is 0 Å². The molecule has 0 aliphatic rings. The van der Waals surface area contributed by atoms with Gasteiger partial charge in [0, 0.05) is 4.47 Å². The molecule has 0 bridgehead atoms. The first-order chi connectivity index (χ1) is 7.19. The number of hydrogen-bond donors (Lipinski definition) is 0. The maximum atomic E-state index is 11.3. The van der Waals surface area contributed by atoms with Crippen LogP contribution in [-0.2, 0) is 9.53 Å². The Morgan fingerprint density at radius 3 is 2.53 bits per heavy atom. The topological polar surface area (TPSA) is 55.7 Å². The van der Waals surface area contributed by atoms with Crippen LogP contribution in [-0.4, -0.2) is 12.6 Å². The van der Waals surface area contributed by atoms with Crippen molar-refractivity contribution >= 4 is 21.9 Å². The lowest BCUT2D eigenvalue weighted by molar-refractivity contribution is -0.144. The molecule has 0 spiro atoms. The molecular formula is C10H10BrNO3. The lowest BCUT2D eigenvalue weighted by atomic mass is 10.1. The minimum atomic E-state index is -1.07. The average Bonchev–Trinajstić information content (AvgIpc) is 2.22. The average molecular weight is 272 g/mol. The zero-order valence-corrected chi connectivity index (χ0v) is 9.73. The van der Waals surface area contributed by atoms with Gasteiger partial charge in [-0.3, -0.25) is 0 Å². The van der Waals surface area contributed by atoms with Gasteiger partial charge in [-0.25, -0.2) is 4.79 Å². The summed E-state index contributed by atoms with van der Waals surface area (Å²) in [6, 6.07) is 5.73. The Morgan fingerprint density at radius 2 is 2.07 bits per heavy atom. The van der Waals surface area contributed by atoms with Crippen LogP contribution < -0.4 is 0 Å². The maximum Gasteiger partial charge on any atom is 0.339 e. The molecule has 0 aromatic heterocycles. The van der Waals surface area contributed by atoms with Crippen LogP contribution in [0.4, 0.5) is 0 Å². The van der Waals surface area contributed by atoms with Gasteiger partial charge in [-0.15, -0.1) is 4.91 Å². The molecule has 0 aliphatic carbocycles. The predicted molar refractivity (Wildman–Crippen MR) is 59.3 cm³/mol. The van der Waals surface area contributed by atoms with E-state index in [-0.39, 0.29) is 6.61 Å². The monoisotopic (exact) mass is 271 g/mol. The zero-order valence-electron chi connectivity index (χ0n) is 8.14. The predicted octanol–water partition coefficient (Wildman–Crippen LogP) is 2.82. The number of benzene rings is 1. The Bertz CT molecular complexity index is 350. The highest BCUT2D eigenvalue weighted by Crippen LogP contribution is 2.21. The number of nitroso groups, excluding NO2 is 1. The maximum absolute atomic E-state index is 11.3. The summed E-state index contributed by atoms with van der Waals surface area (Å²) in [7, 11) is 0. The first kappa shape index (κ1) is 11.8. The fraction of sp³-hybridized carbons (Fsp3) is 0.300. The van der Waals surface area contributed by atoms with Gasteiger partial charge in [0.15, 0.2) is 0 Å². The fourth-order valence-corrected chi connectivity index (χ4v) is 1.37. The van der Waals surface area contributed by atoms with Crippen molar-refractivity contribution in [2.75, 3.05) is 6.61 Å². The number of nitrogens with zero attached hydrogens (tertiary/aromatic N) is 1. The van der Waals surface area contributed by atoms with Gasteiger partial charge in [0.25, 0.3) is 0 Å². The molecule has 5 heteroatoms. The van der Waals surface area contributed by atoms with Crippen molar-refractivity contribution in [3.63, 3.8) is 0 Å². The van der Waals surface area contributed by atoms with Crippen molar-refractivity contribution in [2.24, 2.45) is 5.18 Å². The highest BCUT2D eigenvalue weighted by molar-refractivity contribution is 9.10. The molecule has 1 aromatic carbocycles. The number of carbonyl (C=O) groups is 1. The molecule has 1 aromatic rings. The normalized spacial score (nSPS) is 11.9. The van der Waals surface area contributed by atoms with Gasteiger partial charge >= 0.3 is 5.97 Å². The van der Waals surface area contributed by atoms with E-state index in [1.807, 2.05) is 0 Å². The van der Waals surface area contributed by atoms with Crippen LogP contribution in [0.5, 0.6) is 0 Å². The second-order valence-corrected chi connectivity index (χ2v) is 3.73. The van der Waals surface area contributed by atoms with E-state index in [9.17, 15) is 9.70 Å². The number of hydrogen-bond acceptors (Lipinski definition) is 4. The SMILES string of the molecule is CCOC(=O)C(N=O)c1ccc(Br)cc1. The van der Waals surface area contributed by atoms with E-state index >= 15 is 0 Å². The summed E-state index contributed by atoms with van der Waals surface area (Å²) in [4.78, 5) is 21.9. The van der Waals surface area contributed by atoms with Crippen LogP contribution in [0.2, 0.25) is 0 Å². The minimum absolute atomic E-state index is 0.237. The molecule has 1 rings (SSSR count). The van der Waals surface area contributed by atoms with Crippen LogP contribution >= 0.6 is 15.9 Å². The summed E-state index contributed by atoms with van der Waals surface area (Å²) in [5, 5.41) is 2.77. The minimum Gasteiger partial charge on any atom is -0.464 e. The molecule has 0 saturated carbocycles. The van der Waals surface area contributed by atoms with E-state index in [1.165, 1.54) is 0 Å². The Kier molecular flexibility index (Phi) is 4.42. The van der Waals surface area contributed by atoms with Crippen molar-refractivity contribution in [3.8, 4) is 0 Å². The van der Waals surface area contributed by atoms with E-state index in [4.69, 9.17) is 4.74 Å². The van der Waals surface area contributed by atoms with Crippen LogP contribution in [0.15, 0.2) is 33.9 Å². The molecule has 4 nitrogen and oxygen atoms in total. The zero-order chi connectivity index (χ0) is 11.3. The van der Waals surface area contributed by atoms with Gasteiger partial charge in [-0.05, 0) is 29.8 Å². The molecule has 0 radical (unpaired) electrons. The largest absolute Gasteiger partial charge is 0.464 e. The highest BCUT2D eigenvalue weighted by Gasteiger charge is 2.22. The number of rotatable bonds is 4. The van der Waals surface area contributed by atoms with E-state index < -0.39 is 12.0 Å². The second kappa shape index (κ2) is 5.60. The Balaban J connectivity index is 2.87. The Labute approximate surface area is 95.7 Å². The van der Waals surface area contributed by atoms with Crippen LogP contribution in [0.25, 0.3) is 0 Å². The van der Waals surface area contributed by atoms with E-state index in [1.54, 1.807) is 31.2 Å². The molecule has 15 heavy (non-hydrogen) atoms. The lowest BCUT2D eigenvalue weighted by Crippen LogP contribution is -2.13. The summed E-state index contributed by atoms with van der Waals surface area (Å²) >= 11 is 3.26.